The van der Waals surface area contributed by atoms with Crippen LogP contribution in [0.3, 0.4) is 0 Å². The summed E-state index contributed by atoms with van der Waals surface area (Å²) >= 11 is 0. The minimum Gasteiger partial charge on any atom is -0.507 e. The van der Waals surface area contributed by atoms with Crippen LogP contribution < -0.4 is 4.74 Å². The van der Waals surface area contributed by atoms with Gasteiger partial charge in [0.2, 0.25) is 0 Å². The van der Waals surface area contributed by atoms with Gasteiger partial charge < -0.3 is 14.9 Å². The predicted octanol–water partition coefficient (Wildman–Crippen LogP) is 8.98. The molecule has 0 amide bonds. The number of hydrogen-bond acceptors (Lipinski definition) is 12. The highest BCUT2D eigenvalue weighted by molar-refractivity contribution is 6.33. The lowest BCUT2D eigenvalue weighted by Gasteiger charge is -2.21. The maximum Gasteiger partial charge on any atom is 0.198 e. The summed E-state index contributed by atoms with van der Waals surface area (Å²) in [4.78, 5) is 111. The van der Waals surface area contributed by atoms with Gasteiger partial charge in [0.1, 0.15) is 23.9 Å². The summed E-state index contributed by atoms with van der Waals surface area (Å²) in [5.41, 5.74) is 3.52. The first-order valence-electron chi connectivity index (χ1n) is 20.8. The van der Waals surface area contributed by atoms with Gasteiger partial charge in [-0.3, -0.25) is 43.2 Å². The molecular weight excluding hydrogens is 853 g/mol. The van der Waals surface area contributed by atoms with Crippen molar-refractivity contribution in [2.45, 2.75) is 27.4 Å². The molecule has 0 saturated carbocycles. The van der Waals surface area contributed by atoms with E-state index in [0.29, 0.717) is 12.4 Å². The molecular formula is C55H36O12. The molecule has 0 heterocycles. The Bertz CT molecular complexity index is 3220. The molecule has 0 saturated heterocycles. The van der Waals surface area contributed by atoms with Gasteiger partial charge in [-0.15, -0.1) is 0 Å². The molecule has 0 fully saturated rings. The third-order valence-electron chi connectivity index (χ3n) is 11.5. The van der Waals surface area contributed by atoms with Crippen LogP contribution in [0.25, 0.3) is 0 Å². The molecule has 328 valence electrons. The van der Waals surface area contributed by atoms with Crippen LogP contribution in [0.2, 0.25) is 0 Å². The van der Waals surface area contributed by atoms with E-state index in [1.165, 1.54) is 81.4 Å². The zero-order chi connectivity index (χ0) is 47.8. The number of carbonyl (C=O) groups is 9. The quantitative estimate of drug-likeness (QED) is 0.150. The van der Waals surface area contributed by atoms with Crippen LogP contribution in [0.4, 0.5) is 0 Å². The average molecular weight is 889 g/mol. The van der Waals surface area contributed by atoms with E-state index in [2.05, 4.69) is 0 Å². The molecule has 7 aromatic rings. The summed E-state index contributed by atoms with van der Waals surface area (Å²) in [6, 6.07) is 37.2. The lowest BCUT2D eigenvalue weighted by atomic mass is 9.81. The fourth-order valence-electron chi connectivity index (χ4n) is 8.39. The Morgan fingerprint density at radius 1 is 0.358 bits per heavy atom. The molecule has 0 radical (unpaired) electrons. The number of benzene rings is 7. The number of phenols is 2. The number of hydrogen-bond donors (Lipinski definition) is 2. The Hall–Kier alpha value is -9.03. The van der Waals surface area contributed by atoms with Crippen molar-refractivity contribution < 1.29 is 58.1 Å². The first-order valence-corrected chi connectivity index (χ1v) is 20.8. The van der Waals surface area contributed by atoms with Crippen LogP contribution in [-0.2, 0) is 6.61 Å². The van der Waals surface area contributed by atoms with E-state index in [0.717, 1.165) is 5.56 Å². The zero-order valence-corrected chi connectivity index (χ0v) is 36.0. The van der Waals surface area contributed by atoms with E-state index >= 15 is 0 Å². The standard InChI is InChI=1S/C23H16O4.2C16H10O4/c1-14(24)16-9-5-10-17-20(16)22(25)18-11-6-12-19(21(18)23(17)26)27-13-15-7-3-2-4-8-15;2*1-8(17)9-4-2-5-10-13(9)15(19)11-6-3-7-12(18)14(11)16(10)20/h2-12H,13H2,1H3;2*2-7,18H,1H3. The van der Waals surface area contributed by atoms with E-state index < -0.39 is 23.1 Å². The molecule has 3 aliphatic carbocycles. The largest absolute Gasteiger partial charge is 0.507 e. The van der Waals surface area contributed by atoms with Gasteiger partial charge in [0.05, 0.1) is 16.7 Å². The highest BCUT2D eigenvalue weighted by atomic mass is 16.5. The van der Waals surface area contributed by atoms with Gasteiger partial charge in [-0.05, 0) is 44.5 Å². The van der Waals surface area contributed by atoms with Crippen LogP contribution >= 0.6 is 0 Å². The molecule has 3 aliphatic rings. The lowest BCUT2D eigenvalue weighted by molar-refractivity contribution is 0.0963. The normalized spacial score (nSPS) is 12.6. The van der Waals surface area contributed by atoms with Gasteiger partial charge >= 0.3 is 0 Å². The van der Waals surface area contributed by atoms with Gasteiger partial charge in [0, 0.05) is 66.8 Å². The van der Waals surface area contributed by atoms with Crippen molar-refractivity contribution in [2.75, 3.05) is 0 Å². The number of fused-ring (bicyclic) bond motifs is 6. The van der Waals surface area contributed by atoms with Gasteiger partial charge in [0.25, 0.3) is 0 Å². The van der Waals surface area contributed by atoms with Crippen LogP contribution in [0.5, 0.6) is 17.2 Å². The molecule has 7 aromatic carbocycles. The summed E-state index contributed by atoms with van der Waals surface area (Å²) in [5.74, 6) is -3.17. The molecule has 0 atom stereocenters. The molecule has 12 heteroatoms. The number of ether oxygens (including phenoxy) is 1. The third kappa shape index (κ3) is 7.86. The number of aromatic hydroxyl groups is 2. The summed E-state index contributed by atoms with van der Waals surface area (Å²) in [6.07, 6.45) is 0. The van der Waals surface area contributed by atoms with Crippen LogP contribution in [-0.4, -0.2) is 62.3 Å². The van der Waals surface area contributed by atoms with Crippen molar-refractivity contribution >= 4 is 52.0 Å². The maximum absolute atomic E-state index is 13.1. The first kappa shape index (κ1) is 44.6. The topological polar surface area (TPSA) is 203 Å². The van der Waals surface area contributed by atoms with Crippen LogP contribution in [0.15, 0.2) is 140 Å². The second-order valence-corrected chi connectivity index (χ2v) is 15.7. The average Bonchev–Trinajstić information content (AvgIpc) is 3.33. The number of Topliss-reactive ketones (excluding diaryl/α,β-unsaturated/α-hetero) is 3. The van der Waals surface area contributed by atoms with Gasteiger partial charge in [0.15, 0.2) is 52.0 Å². The van der Waals surface area contributed by atoms with Gasteiger partial charge in [-0.1, -0.05) is 121 Å². The van der Waals surface area contributed by atoms with Crippen molar-refractivity contribution in [3.05, 3.63) is 229 Å². The molecule has 67 heavy (non-hydrogen) atoms. The molecule has 0 unspecified atom stereocenters. The number of rotatable bonds is 6. The summed E-state index contributed by atoms with van der Waals surface area (Å²) in [7, 11) is 0. The van der Waals surface area contributed by atoms with E-state index in [-0.39, 0.29) is 124 Å². The Morgan fingerprint density at radius 3 is 1.03 bits per heavy atom. The van der Waals surface area contributed by atoms with Crippen LogP contribution in [0.1, 0.15) is 153 Å². The number of phenolic OH excluding ortho intramolecular Hbond substituents is 2. The second-order valence-electron chi connectivity index (χ2n) is 15.7. The Labute approximate surface area is 382 Å². The highest BCUT2D eigenvalue weighted by Crippen LogP contribution is 2.37. The van der Waals surface area contributed by atoms with E-state index in [4.69, 9.17) is 4.74 Å². The van der Waals surface area contributed by atoms with Crippen molar-refractivity contribution in [1.29, 1.82) is 0 Å². The van der Waals surface area contributed by atoms with E-state index in [1.54, 1.807) is 48.5 Å². The number of carbonyl (C=O) groups excluding carboxylic acids is 9. The first-order chi connectivity index (χ1) is 32.1. The predicted molar refractivity (Wildman–Crippen MR) is 243 cm³/mol. The maximum atomic E-state index is 13.1. The Balaban J connectivity index is 0.000000139. The summed E-state index contributed by atoms with van der Waals surface area (Å²) < 4.78 is 5.86. The fourth-order valence-corrected chi connectivity index (χ4v) is 8.39. The molecule has 0 aliphatic heterocycles. The summed E-state index contributed by atoms with van der Waals surface area (Å²) in [5, 5.41) is 19.6. The monoisotopic (exact) mass is 888 g/mol. The molecule has 0 aromatic heterocycles. The van der Waals surface area contributed by atoms with E-state index in [9.17, 15) is 53.4 Å². The van der Waals surface area contributed by atoms with Crippen LogP contribution in [0, 0.1) is 0 Å². The van der Waals surface area contributed by atoms with Gasteiger partial charge in [-0.25, -0.2) is 0 Å². The molecule has 2 N–H and O–H groups in total. The highest BCUT2D eigenvalue weighted by Gasteiger charge is 2.37. The molecule has 0 spiro atoms. The molecule has 12 nitrogen and oxygen atoms in total. The SMILES string of the molecule is CC(=O)c1cccc2c1C(=O)c1cccc(O)c1C2=O.CC(=O)c1cccc2c1C(=O)c1cccc(O)c1C2=O.CC(=O)c1cccc2c1C(=O)c1cccc(OCc3ccccc3)c1C2=O. The third-order valence-corrected chi connectivity index (χ3v) is 11.5. The molecule has 10 rings (SSSR count). The smallest absolute Gasteiger partial charge is 0.198 e. The Morgan fingerprint density at radius 2 is 0.657 bits per heavy atom. The van der Waals surface area contributed by atoms with Crippen molar-refractivity contribution in [1.82, 2.24) is 0 Å². The van der Waals surface area contributed by atoms with Gasteiger partial charge in [-0.2, -0.15) is 0 Å². The van der Waals surface area contributed by atoms with E-state index in [1.807, 2.05) is 30.3 Å². The minimum atomic E-state index is -0.434. The summed E-state index contributed by atoms with van der Waals surface area (Å²) in [6.45, 7) is 4.39. The van der Waals surface area contributed by atoms with Crippen molar-refractivity contribution in [3.8, 4) is 17.2 Å². The fraction of sp³-hybridized carbons (Fsp3) is 0.0727. The lowest BCUT2D eigenvalue weighted by Crippen LogP contribution is -2.24. The zero-order valence-electron chi connectivity index (χ0n) is 36.0. The Kier molecular flexibility index (Phi) is 11.9. The van der Waals surface area contributed by atoms with Crippen molar-refractivity contribution in [3.63, 3.8) is 0 Å². The minimum absolute atomic E-state index is 0.00528. The number of ketones is 9. The van der Waals surface area contributed by atoms with Crippen molar-refractivity contribution in [2.24, 2.45) is 0 Å². The molecule has 0 bridgehead atoms. The second kappa shape index (κ2) is 17.9.